The zero-order valence-electron chi connectivity index (χ0n) is 15.0. The number of piperidine rings is 1. The van der Waals surface area contributed by atoms with Gasteiger partial charge in [-0.25, -0.2) is 4.52 Å². The van der Waals surface area contributed by atoms with Crippen LogP contribution in [0.25, 0.3) is 5.52 Å². The fourth-order valence-electron chi connectivity index (χ4n) is 3.61. The first-order chi connectivity index (χ1) is 12.7. The van der Waals surface area contributed by atoms with Gasteiger partial charge in [-0.05, 0) is 62.8 Å². The van der Waals surface area contributed by atoms with E-state index in [0.717, 1.165) is 37.0 Å². The number of hydrogen-bond donors (Lipinski definition) is 0. The molecular formula is C20H23N5O. The minimum absolute atomic E-state index is 0.0533. The van der Waals surface area contributed by atoms with Crippen molar-refractivity contribution in [3.63, 3.8) is 0 Å². The van der Waals surface area contributed by atoms with E-state index in [2.05, 4.69) is 22.0 Å². The highest BCUT2D eigenvalue weighted by Crippen LogP contribution is 2.22. The summed E-state index contributed by atoms with van der Waals surface area (Å²) in [5, 5.41) is 4.34. The van der Waals surface area contributed by atoms with Crippen LogP contribution in [0.3, 0.4) is 0 Å². The molecule has 0 aromatic carbocycles. The summed E-state index contributed by atoms with van der Waals surface area (Å²) in [5.74, 6) is 0.0533. The zero-order chi connectivity index (χ0) is 17.9. The lowest BCUT2D eigenvalue weighted by molar-refractivity contribution is 0.0571. The van der Waals surface area contributed by atoms with Gasteiger partial charge in [-0.2, -0.15) is 5.10 Å². The second-order valence-corrected chi connectivity index (χ2v) is 6.91. The summed E-state index contributed by atoms with van der Waals surface area (Å²) in [5.41, 5.74) is 2.62. The Kier molecular flexibility index (Phi) is 4.67. The molecule has 1 saturated heterocycles. The molecule has 1 fully saturated rings. The summed E-state index contributed by atoms with van der Waals surface area (Å²) in [4.78, 5) is 21.9. The monoisotopic (exact) mass is 349 g/mol. The molecule has 0 spiro atoms. The molecule has 4 heterocycles. The molecule has 3 aromatic heterocycles. The van der Waals surface area contributed by atoms with Gasteiger partial charge in [0, 0.05) is 31.2 Å². The Labute approximate surface area is 153 Å². The van der Waals surface area contributed by atoms with E-state index in [9.17, 15) is 4.79 Å². The molecule has 26 heavy (non-hydrogen) atoms. The molecule has 1 aliphatic rings. The van der Waals surface area contributed by atoms with Crippen molar-refractivity contribution in [2.75, 3.05) is 20.1 Å². The van der Waals surface area contributed by atoms with Gasteiger partial charge in [0.05, 0.1) is 17.3 Å². The van der Waals surface area contributed by atoms with Gasteiger partial charge in [-0.15, -0.1) is 0 Å². The molecule has 0 aliphatic carbocycles. The lowest BCUT2D eigenvalue weighted by Crippen LogP contribution is -2.46. The molecule has 134 valence electrons. The maximum Gasteiger partial charge on any atom is 0.258 e. The van der Waals surface area contributed by atoms with E-state index in [4.69, 9.17) is 0 Å². The predicted octanol–water partition coefficient (Wildman–Crippen LogP) is 2.47. The Morgan fingerprint density at radius 1 is 1.19 bits per heavy atom. The van der Waals surface area contributed by atoms with Gasteiger partial charge >= 0.3 is 0 Å². The number of rotatable bonds is 4. The van der Waals surface area contributed by atoms with Crippen LogP contribution >= 0.6 is 0 Å². The van der Waals surface area contributed by atoms with Crippen LogP contribution in [0.1, 0.15) is 28.8 Å². The van der Waals surface area contributed by atoms with E-state index in [1.165, 1.54) is 0 Å². The number of carbonyl (C=O) groups is 1. The van der Waals surface area contributed by atoms with E-state index in [0.29, 0.717) is 12.1 Å². The van der Waals surface area contributed by atoms with E-state index in [-0.39, 0.29) is 11.9 Å². The molecule has 0 N–H and O–H groups in total. The second kappa shape index (κ2) is 7.25. The van der Waals surface area contributed by atoms with Crippen molar-refractivity contribution in [1.29, 1.82) is 0 Å². The highest BCUT2D eigenvalue weighted by Gasteiger charge is 2.29. The van der Waals surface area contributed by atoms with E-state index < -0.39 is 0 Å². The number of carbonyl (C=O) groups excluding carboxylic acids is 1. The molecule has 1 aliphatic heterocycles. The number of aromatic nitrogens is 3. The van der Waals surface area contributed by atoms with Gasteiger partial charge < -0.3 is 9.80 Å². The number of nitrogens with zero attached hydrogens (tertiary/aromatic N) is 5. The minimum Gasteiger partial charge on any atom is -0.331 e. The summed E-state index contributed by atoms with van der Waals surface area (Å²) >= 11 is 0. The molecule has 0 atom stereocenters. The number of hydrogen-bond acceptors (Lipinski definition) is 4. The fourth-order valence-corrected chi connectivity index (χ4v) is 3.61. The highest BCUT2D eigenvalue weighted by atomic mass is 16.2. The minimum atomic E-state index is 0.0533. The van der Waals surface area contributed by atoms with Crippen molar-refractivity contribution < 1.29 is 4.79 Å². The van der Waals surface area contributed by atoms with Gasteiger partial charge in [-0.3, -0.25) is 9.78 Å². The van der Waals surface area contributed by atoms with Gasteiger partial charge in [0.2, 0.25) is 0 Å². The molecule has 6 nitrogen and oxygen atoms in total. The third-order valence-corrected chi connectivity index (χ3v) is 5.15. The third-order valence-electron chi connectivity index (χ3n) is 5.15. The van der Waals surface area contributed by atoms with Crippen LogP contribution in [-0.4, -0.2) is 56.5 Å². The van der Waals surface area contributed by atoms with E-state index >= 15 is 0 Å². The van der Waals surface area contributed by atoms with Crippen molar-refractivity contribution >= 4 is 11.4 Å². The van der Waals surface area contributed by atoms with Crippen LogP contribution in [0.15, 0.2) is 55.1 Å². The Bertz CT molecular complexity index is 883. The highest BCUT2D eigenvalue weighted by molar-refractivity contribution is 6.00. The van der Waals surface area contributed by atoms with Gasteiger partial charge in [0.25, 0.3) is 5.91 Å². The molecule has 1 amide bonds. The average Bonchev–Trinajstić information content (AvgIpc) is 3.11. The number of amides is 1. The number of likely N-dealkylation sites (tertiary alicyclic amines) is 1. The first-order valence-corrected chi connectivity index (χ1v) is 9.03. The zero-order valence-corrected chi connectivity index (χ0v) is 15.0. The summed E-state index contributed by atoms with van der Waals surface area (Å²) < 4.78 is 1.76. The van der Waals surface area contributed by atoms with Crippen LogP contribution in [0, 0.1) is 0 Å². The first kappa shape index (κ1) is 16.7. The topological polar surface area (TPSA) is 53.7 Å². The molecule has 6 heteroatoms. The Balaban J connectivity index is 1.66. The molecule has 3 aromatic rings. The van der Waals surface area contributed by atoms with Crippen LogP contribution in [0.2, 0.25) is 0 Å². The molecule has 0 bridgehead atoms. The van der Waals surface area contributed by atoms with Gasteiger partial charge in [0.1, 0.15) is 0 Å². The number of fused-ring (bicyclic) bond motifs is 1. The smallest absolute Gasteiger partial charge is 0.258 e. The van der Waals surface area contributed by atoms with Crippen molar-refractivity contribution in [3.8, 4) is 0 Å². The second-order valence-electron chi connectivity index (χ2n) is 6.91. The quantitative estimate of drug-likeness (QED) is 0.726. The maximum absolute atomic E-state index is 13.4. The standard InChI is InChI=1S/C20H23N5O/c1-23-12-7-17(8-13-23)24(15-16-5-9-21-10-6-16)20(26)18-14-22-25-11-3-2-4-19(18)25/h2-6,9-11,14,17H,7-8,12-13,15H2,1H3. The predicted molar refractivity (Wildman–Crippen MR) is 99.8 cm³/mol. The maximum atomic E-state index is 13.4. The van der Waals surface area contributed by atoms with E-state index in [1.807, 2.05) is 41.4 Å². The SMILES string of the molecule is CN1CCC(N(Cc2ccncc2)C(=O)c2cnn3ccccc23)CC1. The first-order valence-electron chi connectivity index (χ1n) is 9.03. The Hall–Kier alpha value is -2.73. The lowest BCUT2D eigenvalue weighted by Gasteiger charge is -2.37. The van der Waals surface area contributed by atoms with Crippen molar-refractivity contribution in [1.82, 2.24) is 24.4 Å². The van der Waals surface area contributed by atoms with Crippen LogP contribution in [0.5, 0.6) is 0 Å². The summed E-state index contributed by atoms with van der Waals surface area (Å²) in [6.45, 7) is 2.62. The van der Waals surface area contributed by atoms with Gasteiger partial charge in [0.15, 0.2) is 0 Å². The summed E-state index contributed by atoms with van der Waals surface area (Å²) in [6.07, 6.45) is 9.10. The summed E-state index contributed by atoms with van der Waals surface area (Å²) in [7, 11) is 2.14. The largest absolute Gasteiger partial charge is 0.331 e. The van der Waals surface area contributed by atoms with Crippen LogP contribution in [0.4, 0.5) is 0 Å². The Morgan fingerprint density at radius 3 is 2.73 bits per heavy atom. The lowest BCUT2D eigenvalue weighted by atomic mass is 10.0. The number of pyridine rings is 2. The third kappa shape index (κ3) is 3.32. The molecular weight excluding hydrogens is 326 g/mol. The molecule has 0 unspecified atom stereocenters. The summed E-state index contributed by atoms with van der Waals surface area (Å²) in [6, 6.07) is 10.00. The average molecular weight is 349 g/mol. The van der Waals surface area contributed by atoms with Crippen molar-refractivity contribution in [2.45, 2.75) is 25.4 Å². The van der Waals surface area contributed by atoms with Crippen molar-refractivity contribution in [3.05, 3.63) is 66.2 Å². The Morgan fingerprint density at radius 2 is 1.96 bits per heavy atom. The fraction of sp³-hybridized carbons (Fsp3) is 0.350. The van der Waals surface area contributed by atoms with Crippen molar-refractivity contribution in [2.24, 2.45) is 0 Å². The van der Waals surface area contributed by atoms with Crippen LogP contribution in [-0.2, 0) is 6.54 Å². The molecule has 0 saturated carbocycles. The molecule has 0 radical (unpaired) electrons. The normalized spacial score (nSPS) is 16.0. The molecule has 4 rings (SSSR count). The van der Waals surface area contributed by atoms with Gasteiger partial charge in [-0.1, -0.05) is 6.07 Å². The van der Waals surface area contributed by atoms with E-state index in [1.54, 1.807) is 23.1 Å². The van der Waals surface area contributed by atoms with Crippen LogP contribution < -0.4 is 0 Å².